The third kappa shape index (κ3) is 11.0. The van der Waals surface area contributed by atoms with Crippen molar-refractivity contribution in [2.45, 2.75) is 83.5 Å². The highest BCUT2D eigenvalue weighted by Crippen LogP contribution is 2.10. The summed E-state index contributed by atoms with van der Waals surface area (Å²) in [5, 5.41) is 25.5. The minimum absolute atomic E-state index is 0.0915. The number of carbonyl (C=O) groups excluding carboxylic acids is 3. The minimum atomic E-state index is -1.17. The lowest BCUT2D eigenvalue weighted by atomic mass is 9.98. The molecule has 0 aromatic heterocycles. The molecule has 0 radical (unpaired) electrons. The van der Waals surface area contributed by atoms with Crippen LogP contribution in [0.3, 0.4) is 0 Å². The summed E-state index contributed by atoms with van der Waals surface area (Å²) in [5.74, 6) is -4.58. The Bertz CT molecular complexity index is 658. The van der Waals surface area contributed by atoms with Crippen LogP contribution in [0.25, 0.3) is 0 Å². The van der Waals surface area contributed by atoms with Crippen LogP contribution in [0.4, 0.5) is 0 Å². The van der Waals surface area contributed by atoms with Crippen molar-refractivity contribution in [3.63, 3.8) is 0 Å². The van der Waals surface area contributed by atoms with Crippen LogP contribution >= 0.6 is 0 Å². The summed E-state index contributed by atoms with van der Waals surface area (Å²) in [4.78, 5) is 59.4. The van der Waals surface area contributed by atoms with Crippen LogP contribution in [0.1, 0.15) is 59.3 Å². The average molecular weight is 460 g/mol. The van der Waals surface area contributed by atoms with Gasteiger partial charge in [0.15, 0.2) is 0 Å². The van der Waals surface area contributed by atoms with E-state index in [4.69, 9.17) is 16.6 Å². The van der Waals surface area contributed by atoms with Crippen molar-refractivity contribution in [3.8, 4) is 0 Å². The van der Waals surface area contributed by atoms with Crippen molar-refractivity contribution >= 4 is 29.7 Å². The molecule has 32 heavy (non-hydrogen) atoms. The Morgan fingerprint density at radius 2 is 1.50 bits per heavy atom. The van der Waals surface area contributed by atoms with Gasteiger partial charge in [0.2, 0.25) is 17.7 Å². The number of nitrogens with one attached hydrogen (secondary N) is 3. The van der Waals surface area contributed by atoms with E-state index < -0.39 is 53.8 Å². The molecule has 5 unspecified atom stereocenters. The summed E-state index contributed by atoms with van der Waals surface area (Å²) in [7, 11) is 0. The Morgan fingerprint density at radius 1 is 0.875 bits per heavy atom. The second-order valence-electron chi connectivity index (χ2n) is 7.82. The topological polar surface area (TPSA) is 214 Å². The standard InChI is InChI=1S/C20H37N5O7/c1-4-11(2)16(20(31)32)25-19(30)14(7-5-6-10-21)24-17(28)12(3)23-18(29)13(22)8-9-15(26)27/h11-14,16H,4-10,21-22H2,1-3H3,(H,23,29)(H,24,28)(H,25,30)(H,26,27)(H,31,32). The van der Waals surface area contributed by atoms with Crippen LogP contribution in [0.2, 0.25) is 0 Å². The van der Waals surface area contributed by atoms with Gasteiger partial charge in [-0.1, -0.05) is 20.3 Å². The predicted octanol–water partition coefficient (Wildman–Crippen LogP) is -1.09. The van der Waals surface area contributed by atoms with Gasteiger partial charge >= 0.3 is 11.9 Å². The minimum Gasteiger partial charge on any atom is -0.481 e. The van der Waals surface area contributed by atoms with Crippen LogP contribution in [-0.2, 0) is 24.0 Å². The third-order valence-corrected chi connectivity index (χ3v) is 5.11. The van der Waals surface area contributed by atoms with Crippen molar-refractivity contribution < 1.29 is 34.2 Å². The number of hydrogen-bond acceptors (Lipinski definition) is 7. The van der Waals surface area contributed by atoms with Crippen molar-refractivity contribution in [1.29, 1.82) is 0 Å². The molecule has 0 spiro atoms. The highest BCUT2D eigenvalue weighted by Gasteiger charge is 2.30. The number of carboxylic acid groups (broad SMARTS) is 2. The van der Waals surface area contributed by atoms with Crippen LogP contribution in [0.5, 0.6) is 0 Å². The summed E-state index contributed by atoms with van der Waals surface area (Å²) in [6.45, 7) is 5.30. The molecule has 0 rings (SSSR count). The number of carboxylic acids is 2. The smallest absolute Gasteiger partial charge is 0.326 e. The van der Waals surface area contributed by atoms with Crippen LogP contribution in [-0.4, -0.2) is 70.6 Å². The average Bonchev–Trinajstić information content (AvgIpc) is 2.73. The lowest BCUT2D eigenvalue weighted by Crippen LogP contribution is -2.57. The Hall–Kier alpha value is -2.73. The molecule has 0 aromatic carbocycles. The van der Waals surface area contributed by atoms with Gasteiger partial charge in [-0.25, -0.2) is 4.79 Å². The van der Waals surface area contributed by atoms with Gasteiger partial charge in [-0.3, -0.25) is 19.2 Å². The molecule has 0 saturated heterocycles. The summed E-state index contributed by atoms with van der Waals surface area (Å²) in [6, 6.07) is -4.27. The predicted molar refractivity (Wildman–Crippen MR) is 116 cm³/mol. The van der Waals surface area contributed by atoms with Gasteiger partial charge < -0.3 is 37.6 Å². The molecule has 12 nitrogen and oxygen atoms in total. The van der Waals surface area contributed by atoms with Crippen molar-refractivity contribution in [2.24, 2.45) is 17.4 Å². The largest absolute Gasteiger partial charge is 0.481 e. The Labute approximate surface area is 187 Å². The first kappa shape index (κ1) is 29.3. The number of unbranched alkanes of at least 4 members (excludes halogenated alkanes) is 1. The summed E-state index contributed by atoms with van der Waals surface area (Å²) < 4.78 is 0. The monoisotopic (exact) mass is 459 g/mol. The molecule has 0 fully saturated rings. The van der Waals surface area contributed by atoms with Gasteiger partial charge in [0, 0.05) is 6.42 Å². The van der Waals surface area contributed by atoms with Gasteiger partial charge in [-0.2, -0.15) is 0 Å². The maximum absolute atomic E-state index is 12.7. The normalized spacial score (nSPS) is 15.5. The first-order chi connectivity index (χ1) is 14.9. The number of aliphatic carboxylic acids is 2. The van der Waals surface area contributed by atoms with Gasteiger partial charge in [0.25, 0.3) is 0 Å². The van der Waals surface area contributed by atoms with Gasteiger partial charge in [0.05, 0.1) is 6.04 Å². The molecule has 0 heterocycles. The Morgan fingerprint density at radius 3 is 2.00 bits per heavy atom. The van der Waals surface area contributed by atoms with E-state index in [0.29, 0.717) is 25.8 Å². The van der Waals surface area contributed by atoms with E-state index in [-0.39, 0.29) is 25.2 Å². The molecule has 0 aliphatic heterocycles. The maximum atomic E-state index is 12.7. The van der Waals surface area contributed by atoms with E-state index in [1.807, 2.05) is 0 Å². The second kappa shape index (κ2) is 15.1. The summed E-state index contributed by atoms with van der Waals surface area (Å²) >= 11 is 0. The molecular weight excluding hydrogens is 422 g/mol. The fraction of sp³-hybridized carbons (Fsp3) is 0.750. The molecule has 0 aliphatic rings. The van der Waals surface area contributed by atoms with Crippen molar-refractivity contribution in [3.05, 3.63) is 0 Å². The molecule has 0 aliphatic carbocycles. The van der Waals surface area contributed by atoms with Crippen molar-refractivity contribution in [2.75, 3.05) is 6.54 Å². The van der Waals surface area contributed by atoms with E-state index in [1.165, 1.54) is 6.92 Å². The Balaban J connectivity index is 5.12. The van der Waals surface area contributed by atoms with E-state index in [1.54, 1.807) is 13.8 Å². The number of nitrogens with two attached hydrogens (primary N) is 2. The molecule has 184 valence electrons. The fourth-order valence-corrected chi connectivity index (χ4v) is 2.79. The third-order valence-electron chi connectivity index (χ3n) is 5.11. The molecule has 9 N–H and O–H groups in total. The van der Waals surface area contributed by atoms with E-state index in [9.17, 15) is 29.1 Å². The molecule has 5 atom stereocenters. The van der Waals surface area contributed by atoms with E-state index in [2.05, 4.69) is 16.0 Å². The molecule has 12 heteroatoms. The lowest BCUT2D eigenvalue weighted by molar-refractivity contribution is -0.144. The zero-order valence-electron chi connectivity index (χ0n) is 18.9. The first-order valence-electron chi connectivity index (χ1n) is 10.8. The number of amides is 3. The van der Waals surface area contributed by atoms with Gasteiger partial charge in [-0.15, -0.1) is 0 Å². The zero-order valence-corrected chi connectivity index (χ0v) is 18.9. The number of rotatable bonds is 16. The molecule has 0 saturated carbocycles. The number of carbonyl (C=O) groups is 5. The zero-order chi connectivity index (χ0) is 24.8. The van der Waals surface area contributed by atoms with Gasteiger partial charge in [0.1, 0.15) is 18.1 Å². The quantitative estimate of drug-likeness (QED) is 0.139. The second-order valence-corrected chi connectivity index (χ2v) is 7.82. The summed E-state index contributed by atoms with van der Waals surface area (Å²) in [5.41, 5.74) is 11.1. The molecule has 3 amide bonds. The van der Waals surface area contributed by atoms with Crippen LogP contribution in [0.15, 0.2) is 0 Å². The summed E-state index contributed by atoms with van der Waals surface area (Å²) in [6.07, 6.45) is 1.52. The molecule has 0 aromatic rings. The molecule has 0 bridgehead atoms. The van der Waals surface area contributed by atoms with Crippen LogP contribution < -0.4 is 27.4 Å². The number of hydrogen-bond donors (Lipinski definition) is 7. The van der Waals surface area contributed by atoms with E-state index >= 15 is 0 Å². The van der Waals surface area contributed by atoms with Crippen molar-refractivity contribution in [1.82, 2.24) is 16.0 Å². The SMILES string of the molecule is CCC(C)C(NC(=O)C(CCCCN)NC(=O)C(C)NC(=O)C(N)CCC(=O)O)C(=O)O. The first-order valence-corrected chi connectivity index (χ1v) is 10.8. The highest BCUT2D eigenvalue weighted by atomic mass is 16.4. The highest BCUT2D eigenvalue weighted by molar-refractivity contribution is 5.94. The Kier molecular flexibility index (Phi) is 13.8. The van der Waals surface area contributed by atoms with E-state index in [0.717, 1.165) is 0 Å². The van der Waals surface area contributed by atoms with Gasteiger partial charge in [-0.05, 0) is 45.1 Å². The fourth-order valence-electron chi connectivity index (χ4n) is 2.79. The maximum Gasteiger partial charge on any atom is 0.326 e. The lowest BCUT2D eigenvalue weighted by Gasteiger charge is -2.25. The van der Waals surface area contributed by atoms with Crippen LogP contribution in [0, 0.1) is 5.92 Å². The molecular formula is C20H37N5O7.